The average molecular weight is 356 g/mol. The van der Waals surface area contributed by atoms with Crippen LogP contribution < -0.4 is 9.47 Å². The first kappa shape index (κ1) is 17.5. The van der Waals surface area contributed by atoms with Crippen LogP contribution >= 0.6 is 0 Å². The molecule has 0 saturated heterocycles. The Balaban J connectivity index is 1.84. The molecular weight excluding hydrogens is 328 g/mol. The van der Waals surface area contributed by atoms with Crippen molar-refractivity contribution in [3.8, 4) is 0 Å². The maximum absolute atomic E-state index is 2.40. The van der Waals surface area contributed by atoms with Crippen molar-refractivity contribution in [3.05, 3.63) is 82.7 Å². The number of likely N-dealkylation sites (N-methyl/N-ethyl adjacent to an activating group) is 1. The van der Waals surface area contributed by atoms with Gasteiger partial charge in [-0.1, -0.05) is 29.3 Å². The van der Waals surface area contributed by atoms with Crippen LogP contribution in [-0.2, 0) is 6.54 Å². The summed E-state index contributed by atoms with van der Waals surface area (Å²) < 4.78 is 2.40. The maximum atomic E-state index is 2.40. The molecule has 2 heterocycles. The lowest BCUT2D eigenvalue weighted by Gasteiger charge is -2.29. The molecule has 0 amide bonds. The lowest BCUT2D eigenvalue weighted by Crippen LogP contribution is -2.37. The van der Waals surface area contributed by atoms with Gasteiger partial charge in [0.1, 0.15) is 6.54 Å². The Morgan fingerprint density at radius 1 is 0.889 bits per heavy atom. The number of aryl methyl sites for hydroxylation is 3. The average Bonchev–Trinajstić information content (AvgIpc) is 2.67. The Morgan fingerprint density at radius 2 is 1.67 bits per heavy atom. The molecule has 27 heavy (non-hydrogen) atoms. The normalized spacial score (nSPS) is 14.8. The fraction of sp³-hybridized carbons (Fsp3) is 0.240. The van der Waals surface area contributed by atoms with Gasteiger partial charge >= 0.3 is 0 Å². The zero-order chi connectivity index (χ0) is 19.0. The molecule has 0 bridgehead atoms. The number of hydrogen-bond donors (Lipinski definition) is 0. The summed E-state index contributed by atoms with van der Waals surface area (Å²) in [6.07, 6.45) is 6.79. The number of rotatable bonds is 3. The predicted octanol–water partition coefficient (Wildman–Crippen LogP) is 5.66. The molecule has 1 aliphatic rings. The van der Waals surface area contributed by atoms with E-state index >= 15 is 0 Å². The molecule has 0 N–H and O–H groups in total. The van der Waals surface area contributed by atoms with E-state index in [4.69, 9.17) is 0 Å². The van der Waals surface area contributed by atoms with Gasteiger partial charge in [-0.3, -0.25) is 0 Å². The Bertz CT molecular complexity index is 1070. The highest BCUT2D eigenvalue weighted by Gasteiger charge is 2.19. The molecule has 2 aromatic carbocycles. The second-order valence-corrected chi connectivity index (χ2v) is 7.27. The highest BCUT2D eigenvalue weighted by Crippen LogP contribution is 2.32. The van der Waals surface area contributed by atoms with Crippen LogP contribution in [0.2, 0.25) is 0 Å². The number of allylic oxidation sites excluding steroid dienone is 1. The van der Waals surface area contributed by atoms with Gasteiger partial charge in [-0.05, 0) is 63.6 Å². The molecule has 0 saturated carbocycles. The lowest BCUT2D eigenvalue weighted by molar-refractivity contribution is -0.669. The number of fused-ring (bicyclic) bond motifs is 2. The summed E-state index contributed by atoms with van der Waals surface area (Å²) in [6, 6.07) is 17.9. The van der Waals surface area contributed by atoms with Crippen molar-refractivity contribution in [2.24, 2.45) is 0 Å². The van der Waals surface area contributed by atoms with Gasteiger partial charge in [0.05, 0.1) is 0 Å². The number of pyridine rings is 1. The van der Waals surface area contributed by atoms with Gasteiger partial charge in [0.15, 0.2) is 0 Å². The number of anilines is 1. The van der Waals surface area contributed by atoms with Crippen molar-refractivity contribution in [2.75, 3.05) is 11.4 Å². The van der Waals surface area contributed by atoms with Gasteiger partial charge in [-0.2, -0.15) is 4.57 Å². The molecule has 2 heteroatoms. The van der Waals surface area contributed by atoms with Crippen molar-refractivity contribution in [1.82, 2.24) is 0 Å². The quantitative estimate of drug-likeness (QED) is 0.550. The van der Waals surface area contributed by atoms with E-state index in [9.17, 15) is 0 Å². The van der Waals surface area contributed by atoms with E-state index in [-0.39, 0.29) is 0 Å². The first-order chi connectivity index (χ1) is 13.1. The van der Waals surface area contributed by atoms with E-state index in [0.29, 0.717) is 0 Å². The molecule has 1 aliphatic heterocycles. The first-order valence-electron chi connectivity index (χ1n) is 9.82. The van der Waals surface area contributed by atoms with E-state index in [1.807, 2.05) is 0 Å². The fourth-order valence-electron chi connectivity index (χ4n) is 4.02. The Labute approximate surface area is 162 Å². The molecule has 1 aromatic heterocycles. The molecular formula is C25H27N2+. The highest BCUT2D eigenvalue weighted by molar-refractivity contribution is 5.81. The monoisotopic (exact) mass is 355 g/mol. The number of nitrogens with zero attached hydrogens (tertiary/aromatic N) is 2. The van der Waals surface area contributed by atoms with Gasteiger partial charge in [0.25, 0.3) is 0 Å². The van der Waals surface area contributed by atoms with Crippen LogP contribution in [0.3, 0.4) is 0 Å². The fourth-order valence-corrected chi connectivity index (χ4v) is 4.02. The summed E-state index contributed by atoms with van der Waals surface area (Å²) in [6.45, 7) is 10.6. The zero-order valence-electron chi connectivity index (χ0n) is 16.7. The second kappa shape index (κ2) is 7.03. The van der Waals surface area contributed by atoms with Crippen LogP contribution in [0.25, 0.3) is 23.1 Å². The van der Waals surface area contributed by atoms with E-state index in [1.165, 1.54) is 44.7 Å². The van der Waals surface area contributed by atoms with Gasteiger partial charge < -0.3 is 4.90 Å². The summed E-state index contributed by atoms with van der Waals surface area (Å²) in [5, 5.41) is 1.30. The van der Waals surface area contributed by atoms with Crippen molar-refractivity contribution >= 4 is 28.7 Å². The van der Waals surface area contributed by atoms with Crippen molar-refractivity contribution in [2.45, 2.75) is 34.2 Å². The number of aromatic nitrogens is 1. The summed E-state index contributed by atoms with van der Waals surface area (Å²) >= 11 is 0. The van der Waals surface area contributed by atoms with Crippen LogP contribution in [0, 0.1) is 13.8 Å². The molecule has 0 aliphatic carbocycles. The van der Waals surface area contributed by atoms with Gasteiger partial charge in [-0.25, -0.2) is 0 Å². The molecule has 0 atom stereocenters. The Hall–Kier alpha value is -2.87. The lowest BCUT2D eigenvalue weighted by atomic mass is 10.0. The highest BCUT2D eigenvalue weighted by atomic mass is 15.1. The summed E-state index contributed by atoms with van der Waals surface area (Å²) in [7, 11) is 0. The smallest absolute Gasteiger partial charge is 0.212 e. The summed E-state index contributed by atoms with van der Waals surface area (Å²) in [5.41, 5.74) is 8.95. The van der Waals surface area contributed by atoms with E-state index in [1.54, 1.807) is 0 Å². The molecule has 0 fully saturated rings. The van der Waals surface area contributed by atoms with E-state index in [2.05, 4.69) is 104 Å². The predicted molar refractivity (Wildman–Crippen MR) is 116 cm³/mol. The maximum Gasteiger partial charge on any atom is 0.212 e. The Morgan fingerprint density at radius 3 is 2.44 bits per heavy atom. The van der Waals surface area contributed by atoms with Crippen LogP contribution in [0.5, 0.6) is 0 Å². The van der Waals surface area contributed by atoms with Gasteiger partial charge in [0, 0.05) is 41.5 Å². The van der Waals surface area contributed by atoms with Gasteiger partial charge in [0.2, 0.25) is 11.2 Å². The third-order valence-electron chi connectivity index (χ3n) is 5.37. The van der Waals surface area contributed by atoms with E-state index in [0.717, 1.165) is 13.1 Å². The molecule has 136 valence electrons. The first-order valence-corrected chi connectivity index (χ1v) is 9.82. The van der Waals surface area contributed by atoms with Crippen LogP contribution in [0.1, 0.15) is 36.2 Å². The van der Waals surface area contributed by atoms with Gasteiger partial charge in [-0.15, -0.1) is 0 Å². The standard InChI is InChI=1S/C25H27N2/c1-5-26-22(11-9-20-15-18(3)7-13-24(20)26)17-23-12-10-21-16-19(4)8-14-25(21)27(23)6-2/h7-17H,5-6H2,1-4H3/q+1. The van der Waals surface area contributed by atoms with Crippen molar-refractivity contribution in [3.63, 3.8) is 0 Å². The third kappa shape index (κ3) is 3.16. The number of hydrogen-bond acceptors (Lipinski definition) is 1. The summed E-state index contributed by atoms with van der Waals surface area (Å²) in [4.78, 5) is 2.40. The van der Waals surface area contributed by atoms with Crippen molar-refractivity contribution < 1.29 is 4.57 Å². The molecule has 2 nitrogen and oxygen atoms in total. The summed E-state index contributed by atoms with van der Waals surface area (Å²) in [5.74, 6) is 0. The SMILES string of the molecule is CCN1C(=Cc2ccc3cc(C)ccc3[n+]2CC)C=Cc2cc(C)ccc21. The molecule has 0 spiro atoms. The third-order valence-corrected chi connectivity index (χ3v) is 5.37. The minimum absolute atomic E-state index is 0.950. The minimum Gasteiger partial charge on any atom is -0.341 e. The second-order valence-electron chi connectivity index (χ2n) is 7.27. The Kier molecular flexibility index (Phi) is 4.57. The van der Waals surface area contributed by atoms with Crippen molar-refractivity contribution in [1.29, 1.82) is 0 Å². The minimum atomic E-state index is 0.950. The van der Waals surface area contributed by atoms with Crippen LogP contribution in [-0.4, -0.2) is 6.54 Å². The number of benzene rings is 2. The molecule has 0 unspecified atom stereocenters. The molecule has 0 radical (unpaired) electrons. The molecule has 4 rings (SSSR count). The van der Waals surface area contributed by atoms with E-state index < -0.39 is 0 Å². The van der Waals surface area contributed by atoms with Crippen LogP contribution in [0.15, 0.2) is 60.3 Å². The largest absolute Gasteiger partial charge is 0.341 e. The topological polar surface area (TPSA) is 7.12 Å². The molecule has 3 aromatic rings. The van der Waals surface area contributed by atoms with Crippen LogP contribution in [0.4, 0.5) is 5.69 Å². The zero-order valence-corrected chi connectivity index (χ0v) is 16.7.